The molecule has 0 bridgehead atoms. The summed E-state index contributed by atoms with van der Waals surface area (Å²) >= 11 is 1.97. The predicted octanol–water partition coefficient (Wildman–Crippen LogP) is 5.98. The van der Waals surface area contributed by atoms with Crippen LogP contribution in [-0.4, -0.2) is 0 Å². The first kappa shape index (κ1) is 15.4. The van der Waals surface area contributed by atoms with Crippen molar-refractivity contribution in [2.24, 2.45) is 0 Å². The van der Waals surface area contributed by atoms with Crippen molar-refractivity contribution in [1.82, 2.24) is 0 Å². The Morgan fingerprint density at radius 3 is 1.67 bits per heavy atom. The van der Waals surface area contributed by atoms with E-state index in [9.17, 15) is 0 Å². The summed E-state index contributed by atoms with van der Waals surface area (Å²) in [5, 5.41) is 5.40. The maximum Gasteiger partial charge on any atom is 0.0207 e. The van der Waals surface area contributed by atoms with E-state index in [0.29, 0.717) is 0 Å². The van der Waals surface area contributed by atoms with Crippen LogP contribution in [0, 0.1) is 0 Å². The van der Waals surface area contributed by atoms with Crippen LogP contribution in [0.1, 0.15) is 0 Å². The van der Waals surface area contributed by atoms with Crippen molar-refractivity contribution in [3.05, 3.63) is 103 Å². The summed E-state index contributed by atoms with van der Waals surface area (Å²) in [6.45, 7) is 0. The lowest BCUT2D eigenvalue weighted by Crippen LogP contribution is -2.08. The average Bonchev–Trinajstić information content (AvgIpc) is 2.67. The smallest absolute Gasteiger partial charge is 0.0207 e. The van der Waals surface area contributed by atoms with Crippen LogP contribution in [-0.2, 0) is 0 Å². The van der Waals surface area contributed by atoms with Crippen molar-refractivity contribution in [3.8, 4) is 0 Å². The average molecular weight is 344 g/mol. The third kappa shape index (κ3) is 3.38. The van der Waals surface area contributed by atoms with Gasteiger partial charge in [-0.05, 0) is 33.5 Å². The topological polar surface area (TPSA) is 0 Å². The van der Waals surface area contributed by atoms with Crippen molar-refractivity contribution in [2.45, 2.75) is 4.90 Å². The molecule has 2 heteroatoms. The molecule has 4 aromatic carbocycles. The van der Waals surface area contributed by atoms with Crippen molar-refractivity contribution in [2.75, 3.05) is 0 Å². The van der Waals surface area contributed by atoms with Gasteiger partial charge in [-0.25, -0.2) is 0 Å². The molecule has 0 fully saturated rings. The number of hydrogen-bond donors (Lipinski definition) is 0. The molecule has 0 aliphatic rings. The van der Waals surface area contributed by atoms with E-state index >= 15 is 0 Å². The zero-order chi connectivity index (χ0) is 16.2. The maximum atomic E-state index is 2.31. The molecule has 0 saturated carbocycles. The highest BCUT2D eigenvalue weighted by molar-refractivity contribution is 8.60. The van der Waals surface area contributed by atoms with E-state index in [1.807, 2.05) is 11.4 Å². The largest absolute Gasteiger partial charge is 0.0887 e. The quantitative estimate of drug-likeness (QED) is 0.410. The molecule has 0 aliphatic heterocycles. The fourth-order valence-corrected chi connectivity index (χ4v) is 6.96. The zero-order valence-electron chi connectivity index (χ0n) is 13.2. The van der Waals surface area contributed by atoms with Gasteiger partial charge in [-0.15, -0.1) is 0 Å². The van der Waals surface area contributed by atoms with Crippen molar-refractivity contribution >= 4 is 39.9 Å². The monoisotopic (exact) mass is 344 g/mol. The minimum Gasteiger partial charge on any atom is -0.0887 e. The maximum absolute atomic E-state index is 2.31. The molecule has 0 aromatic heterocycles. The minimum atomic E-state index is -0.466. The lowest BCUT2D eigenvalue weighted by atomic mass is 10.1. The highest BCUT2D eigenvalue weighted by Gasteiger charge is 2.15. The van der Waals surface area contributed by atoms with Gasteiger partial charge in [0.25, 0.3) is 0 Å². The Hall–Kier alpha value is -2.08. The molecule has 116 valence electrons. The predicted molar refractivity (Wildman–Crippen MR) is 109 cm³/mol. The molecule has 24 heavy (non-hydrogen) atoms. The second-order valence-electron chi connectivity index (χ2n) is 5.57. The van der Waals surface area contributed by atoms with Gasteiger partial charge in [0.2, 0.25) is 0 Å². The van der Waals surface area contributed by atoms with Crippen LogP contribution in [0.4, 0.5) is 0 Å². The first-order valence-electron chi connectivity index (χ1n) is 7.97. The van der Waals surface area contributed by atoms with Gasteiger partial charge in [-0.3, -0.25) is 0 Å². The molecule has 0 amide bonds. The third-order valence-corrected chi connectivity index (χ3v) is 8.53. The van der Waals surface area contributed by atoms with Gasteiger partial charge in [0.05, 0.1) is 0 Å². The van der Waals surface area contributed by atoms with Gasteiger partial charge in [0, 0.05) is 12.0 Å². The van der Waals surface area contributed by atoms with E-state index < -0.39 is 7.12 Å². The molecule has 0 radical (unpaired) electrons. The van der Waals surface area contributed by atoms with Crippen LogP contribution in [0.3, 0.4) is 0 Å². The SMILES string of the molecule is c1ccc(P(Sc2ccc3ccccc3c2)c2ccccc2)cc1. The van der Waals surface area contributed by atoms with Gasteiger partial charge in [-0.1, -0.05) is 102 Å². The molecular formula is C22H17PS. The Morgan fingerprint density at radius 1 is 0.500 bits per heavy atom. The Bertz CT molecular complexity index is 896. The van der Waals surface area contributed by atoms with E-state index in [-0.39, 0.29) is 0 Å². The van der Waals surface area contributed by atoms with Crippen molar-refractivity contribution in [1.29, 1.82) is 0 Å². The molecule has 0 nitrogen and oxygen atoms in total. The summed E-state index contributed by atoms with van der Waals surface area (Å²) in [6, 6.07) is 37.0. The zero-order valence-corrected chi connectivity index (χ0v) is 14.9. The van der Waals surface area contributed by atoms with E-state index in [1.54, 1.807) is 0 Å². The van der Waals surface area contributed by atoms with Gasteiger partial charge >= 0.3 is 0 Å². The fraction of sp³-hybridized carbons (Fsp3) is 0. The lowest BCUT2D eigenvalue weighted by molar-refractivity contribution is 1.52. The summed E-state index contributed by atoms with van der Waals surface area (Å²) in [6.07, 6.45) is 0. The summed E-state index contributed by atoms with van der Waals surface area (Å²) in [5.41, 5.74) is 0. The van der Waals surface area contributed by atoms with Crippen LogP contribution in [0.25, 0.3) is 10.8 Å². The van der Waals surface area contributed by atoms with Crippen LogP contribution in [0.5, 0.6) is 0 Å². The molecule has 0 aliphatic carbocycles. The number of fused-ring (bicyclic) bond motifs is 1. The van der Waals surface area contributed by atoms with E-state index in [1.165, 1.54) is 26.3 Å². The van der Waals surface area contributed by atoms with Crippen LogP contribution < -0.4 is 10.6 Å². The molecule has 0 saturated heterocycles. The van der Waals surface area contributed by atoms with E-state index in [4.69, 9.17) is 0 Å². The standard InChI is InChI=1S/C22H17PS/c1-3-11-20(12-4-1)23(21-13-5-2-6-14-21)24-22-16-15-18-9-7-8-10-19(18)17-22/h1-17H. The first-order valence-corrected chi connectivity index (χ1v) is 10.7. The second-order valence-corrected chi connectivity index (χ2v) is 9.48. The van der Waals surface area contributed by atoms with Gasteiger partial charge < -0.3 is 0 Å². The Balaban J connectivity index is 1.73. The summed E-state index contributed by atoms with van der Waals surface area (Å²) in [5.74, 6) is 0. The normalized spacial score (nSPS) is 11.0. The van der Waals surface area contributed by atoms with E-state index in [0.717, 1.165) is 0 Å². The van der Waals surface area contributed by atoms with Gasteiger partial charge in [0.1, 0.15) is 0 Å². The first-order chi connectivity index (χ1) is 11.9. The van der Waals surface area contributed by atoms with Gasteiger partial charge in [-0.2, -0.15) is 0 Å². The molecule has 0 N–H and O–H groups in total. The minimum absolute atomic E-state index is 0.466. The van der Waals surface area contributed by atoms with Crippen LogP contribution in [0.15, 0.2) is 108 Å². The molecule has 0 spiro atoms. The number of rotatable bonds is 4. The van der Waals surface area contributed by atoms with Crippen LogP contribution >= 0.6 is 18.5 Å². The van der Waals surface area contributed by atoms with Crippen LogP contribution in [0.2, 0.25) is 0 Å². The lowest BCUT2D eigenvalue weighted by Gasteiger charge is -2.18. The Morgan fingerprint density at radius 2 is 1.04 bits per heavy atom. The molecule has 4 rings (SSSR count). The second kappa shape index (κ2) is 7.21. The summed E-state index contributed by atoms with van der Waals surface area (Å²) < 4.78 is 0. The van der Waals surface area contributed by atoms with E-state index in [2.05, 4.69) is 103 Å². The molecule has 0 heterocycles. The van der Waals surface area contributed by atoms with Crippen molar-refractivity contribution in [3.63, 3.8) is 0 Å². The fourth-order valence-electron chi connectivity index (χ4n) is 2.71. The number of benzene rings is 4. The molecule has 0 atom stereocenters. The highest BCUT2D eigenvalue weighted by atomic mass is 32.7. The van der Waals surface area contributed by atoms with Crippen molar-refractivity contribution < 1.29 is 0 Å². The van der Waals surface area contributed by atoms with Gasteiger partial charge in [0.15, 0.2) is 0 Å². The third-order valence-electron chi connectivity index (χ3n) is 3.90. The summed E-state index contributed by atoms with van der Waals surface area (Å²) in [7, 11) is -0.466. The molecular weight excluding hydrogens is 327 g/mol. The highest BCUT2D eigenvalue weighted by Crippen LogP contribution is 2.52. The summed E-state index contributed by atoms with van der Waals surface area (Å²) in [4.78, 5) is 1.33. The Labute approximate surface area is 148 Å². The molecule has 4 aromatic rings. The Kier molecular flexibility index (Phi) is 4.64. The number of hydrogen-bond acceptors (Lipinski definition) is 1. The molecule has 0 unspecified atom stereocenters.